The molecule has 6 heteroatoms. The van der Waals surface area contributed by atoms with Gasteiger partial charge in [0.25, 0.3) is 0 Å². The van der Waals surface area contributed by atoms with Gasteiger partial charge in [-0.15, -0.1) is 0 Å². The van der Waals surface area contributed by atoms with Gasteiger partial charge in [-0.1, -0.05) is 12.7 Å². The maximum absolute atomic E-state index is 6.35. The summed E-state index contributed by atoms with van der Waals surface area (Å²) < 4.78 is 19.0. The molecule has 0 heterocycles. The fourth-order valence-corrected chi connectivity index (χ4v) is 4.37. The second-order valence-corrected chi connectivity index (χ2v) is 22.0. The van der Waals surface area contributed by atoms with Crippen molar-refractivity contribution in [1.29, 1.82) is 0 Å². The van der Waals surface area contributed by atoms with Crippen LogP contribution in [0.25, 0.3) is 6.08 Å². The Bertz CT molecular complexity index is 527. The second kappa shape index (κ2) is 6.86. The van der Waals surface area contributed by atoms with E-state index in [1.54, 1.807) is 0 Å². The molecule has 0 radical (unpaired) electrons. The van der Waals surface area contributed by atoms with Crippen LogP contribution < -0.4 is 13.3 Å². The van der Waals surface area contributed by atoms with Gasteiger partial charge in [-0.3, -0.25) is 0 Å². The van der Waals surface area contributed by atoms with Crippen molar-refractivity contribution in [2.75, 3.05) is 0 Å². The van der Waals surface area contributed by atoms with Crippen LogP contribution in [0.3, 0.4) is 0 Å². The van der Waals surface area contributed by atoms with Crippen molar-refractivity contribution in [2.45, 2.75) is 58.9 Å². The molecule has 0 fully saturated rings. The van der Waals surface area contributed by atoms with Crippen molar-refractivity contribution >= 4 is 31.0 Å². The minimum Gasteiger partial charge on any atom is -0.542 e. The lowest BCUT2D eigenvalue weighted by Crippen LogP contribution is -2.34. The van der Waals surface area contributed by atoms with Crippen LogP contribution in [0.15, 0.2) is 18.7 Å². The van der Waals surface area contributed by atoms with Gasteiger partial charge in [-0.05, 0) is 76.6 Å². The van der Waals surface area contributed by atoms with Gasteiger partial charge in [-0.2, -0.15) is 0 Å². The van der Waals surface area contributed by atoms with E-state index in [1.165, 1.54) is 0 Å². The summed E-state index contributed by atoms with van der Waals surface area (Å²) >= 11 is 0. The van der Waals surface area contributed by atoms with Crippen LogP contribution in [0, 0.1) is 0 Å². The zero-order valence-corrected chi connectivity index (χ0v) is 19.2. The van der Waals surface area contributed by atoms with Crippen molar-refractivity contribution in [3.63, 3.8) is 0 Å². The Hall–Kier alpha value is -0.989. The minimum absolute atomic E-state index is 0.764. The predicted molar refractivity (Wildman–Crippen MR) is 108 cm³/mol. The van der Waals surface area contributed by atoms with Crippen molar-refractivity contribution in [2.24, 2.45) is 0 Å². The standard InChI is InChI=1S/C17H32O3Si3/c1-11-14-12-15(18-21(2,3)4)17(20-23(8,9)10)16(13-14)19-22(5,6)7/h11-13H,1H2,2-10H3. The van der Waals surface area contributed by atoms with Crippen LogP contribution >= 0.6 is 0 Å². The van der Waals surface area contributed by atoms with E-state index >= 15 is 0 Å². The molecule has 0 bridgehead atoms. The highest BCUT2D eigenvalue weighted by molar-refractivity contribution is 6.71. The van der Waals surface area contributed by atoms with E-state index in [2.05, 4.69) is 65.5 Å². The van der Waals surface area contributed by atoms with Crippen LogP contribution in [-0.2, 0) is 0 Å². The Morgan fingerprint density at radius 1 is 0.696 bits per heavy atom. The highest BCUT2D eigenvalue weighted by atomic mass is 28.4. The quantitative estimate of drug-likeness (QED) is 0.555. The second-order valence-electron chi connectivity index (χ2n) is 8.69. The molecule has 0 aliphatic carbocycles. The van der Waals surface area contributed by atoms with Gasteiger partial charge in [0, 0.05) is 0 Å². The molecule has 0 unspecified atom stereocenters. The van der Waals surface area contributed by atoms with Crippen LogP contribution in [0.2, 0.25) is 58.9 Å². The summed E-state index contributed by atoms with van der Waals surface area (Å²) in [6.07, 6.45) is 1.83. The minimum atomic E-state index is -1.79. The van der Waals surface area contributed by atoms with Crippen molar-refractivity contribution in [3.05, 3.63) is 24.3 Å². The van der Waals surface area contributed by atoms with Crippen LogP contribution in [0.1, 0.15) is 5.56 Å². The third-order valence-electron chi connectivity index (χ3n) is 2.52. The SMILES string of the molecule is C=Cc1cc(O[Si](C)(C)C)c(O[Si](C)(C)C)c(O[Si](C)(C)C)c1. The zero-order chi connectivity index (χ0) is 18.1. The smallest absolute Gasteiger partial charge is 0.242 e. The third-order valence-corrected chi connectivity index (χ3v) is 5.00. The van der Waals surface area contributed by atoms with E-state index in [4.69, 9.17) is 13.3 Å². The maximum Gasteiger partial charge on any atom is 0.242 e. The molecule has 1 aromatic rings. The highest BCUT2D eigenvalue weighted by Gasteiger charge is 2.28. The van der Waals surface area contributed by atoms with E-state index < -0.39 is 25.0 Å². The molecular weight excluding hydrogens is 336 g/mol. The van der Waals surface area contributed by atoms with Gasteiger partial charge in [0.2, 0.25) is 25.0 Å². The largest absolute Gasteiger partial charge is 0.542 e. The highest BCUT2D eigenvalue weighted by Crippen LogP contribution is 2.42. The van der Waals surface area contributed by atoms with Crippen LogP contribution in [0.5, 0.6) is 17.2 Å². The normalized spacial score (nSPS) is 12.7. The average molecular weight is 369 g/mol. The number of benzene rings is 1. The summed E-state index contributed by atoms with van der Waals surface area (Å²) in [4.78, 5) is 0. The summed E-state index contributed by atoms with van der Waals surface area (Å²) in [5.74, 6) is 2.34. The fourth-order valence-electron chi connectivity index (χ4n) is 1.93. The first kappa shape index (κ1) is 20.1. The van der Waals surface area contributed by atoms with E-state index in [1.807, 2.05) is 18.2 Å². The van der Waals surface area contributed by atoms with E-state index in [9.17, 15) is 0 Å². The monoisotopic (exact) mass is 368 g/mol. The number of hydrogen-bond acceptors (Lipinski definition) is 3. The van der Waals surface area contributed by atoms with Crippen molar-refractivity contribution in [3.8, 4) is 17.2 Å². The summed E-state index contributed by atoms with van der Waals surface area (Å²) in [7, 11) is -5.32. The summed E-state index contributed by atoms with van der Waals surface area (Å²) in [5.41, 5.74) is 0.995. The molecule has 0 aliphatic rings. The number of hydrogen-bond donors (Lipinski definition) is 0. The van der Waals surface area contributed by atoms with E-state index in [-0.39, 0.29) is 0 Å². The molecule has 0 amide bonds. The Morgan fingerprint density at radius 2 is 1.04 bits per heavy atom. The first-order valence-electron chi connectivity index (χ1n) is 8.08. The average Bonchev–Trinajstić information content (AvgIpc) is 2.27. The lowest BCUT2D eigenvalue weighted by atomic mass is 10.2. The van der Waals surface area contributed by atoms with Gasteiger partial charge in [-0.25, -0.2) is 0 Å². The molecule has 0 spiro atoms. The van der Waals surface area contributed by atoms with Crippen molar-refractivity contribution < 1.29 is 13.3 Å². The Morgan fingerprint density at radius 3 is 1.30 bits per heavy atom. The zero-order valence-electron chi connectivity index (χ0n) is 16.2. The third kappa shape index (κ3) is 7.41. The molecule has 1 rings (SSSR count). The molecule has 1 aromatic carbocycles. The molecule has 0 N–H and O–H groups in total. The molecule has 0 saturated carbocycles. The topological polar surface area (TPSA) is 27.7 Å². The summed E-state index contributed by atoms with van der Waals surface area (Å²) in [6.45, 7) is 23.4. The van der Waals surface area contributed by atoms with Crippen LogP contribution in [0.4, 0.5) is 0 Å². The Balaban J connectivity index is 3.50. The lowest BCUT2D eigenvalue weighted by molar-refractivity contribution is 0.454. The first-order chi connectivity index (χ1) is 10.2. The Kier molecular flexibility index (Phi) is 5.99. The fraction of sp³-hybridized carbons (Fsp3) is 0.529. The lowest BCUT2D eigenvalue weighted by Gasteiger charge is -2.30. The molecular formula is C17H32O3Si3. The maximum atomic E-state index is 6.35. The van der Waals surface area contributed by atoms with Gasteiger partial charge in [0.05, 0.1) is 0 Å². The molecule has 0 saturated heterocycles. The molecule has 0 atom stereocenters. The van der Waals surface area contributed by atoms with E-state index in [0.29, 0.717) is 0 Å². The predicted octanol–water partition coefficient (Wildman–Crippen LogP) is 5.97. The van der Waals surface area contributed by atoms with Gasteiger partial charge >= 0.3 is 0 Å². The van der Waals surface area contributed by atoms with Gasteiger partial charge in [0.1, 0.15) is 11.5 Å². The number of rotatable bonds is 7. The molecule has 3 nitrogen and oxygen atoms in total. The molecule has 23 heavy (non-hydrogen) atoms. The molecule has 130 valence electrons. The molecule has 0 aromatic heterocycles. The Labute approximate surface area is 145 Å². The first-order valence-corrected chi connectivity index (χ1v) is 18.3. The van der Waals surface area contributed by atoms with E-state index in [0.717, 1.165) is 22.8 Å². The van der Waals surface area contributed by atoms with Crippen molar-refractivity contribution in [1.82, 2.24) is 0 Å². The molecule has 0 aliphatic heterocycles. The van der Waals surface area contributed by atoms with Gasteiger partial charge < -0.3 is 13.3 Å². The summed E-state index contributed by atoms with van der Waals surface area (Å²) in [5, 5.41) is 0. The summed E-state index contributed by atoms with van der Waals surface area (Å²) in [6, 6.07) is 4.02. The van der Waals surface area contributed by atoms with Gasteiger partial charge in [0.15, 0.2) is 5.75 Å². The van der Waals surface area contributed by atoms with Crippen LogP contribution in [-0.4, -0.2) is 25.0 Å².